The average molecular weight is 682 g/mol. The lowest BCUT2D eigenvalue weighted by molar-refractivity contribution is 0.0209. The number of hydrogen-bond acceptors (Lipinski definition) is 12. The molecule has 5 heterocycles. The van der Waals surface area contributed by atoms with E-state index in [0.717, 1.165) is 68.5 Å². The number of ether oxygens (including phenoxy) is 2. The first-order valence-electron chi connectivity index (χ1n) is 16.8. The number of aliphatic hydroxyl groups is 1. The summed E-state index contributed by atoms with van der Waals surface area (Å²) in [7, 11) is 0. The number of benzene rings is 1. The maximum absolute atomic E-state index is 13.4. The number of carbonyl (C=O) groups is 1. The first kappa shape index (κ1) is 36.1. The lowest BCUT2D eigenvalue weighted by Gasteiger charge is -2.42. The van der Waals surface area contributed by atoms with Crippen molar-refractivity contribution in [2.24, 2.45) is 0 Å². The summed E-state index contributed by atoms with van der Waals surface area (Å²) in [4.78, 5) is 34.0. The topological polar surface area (TPSA) is 129 Å². The molecule has 3 aliphatic heterocycles. The molecule has 2 aromatic heterocycles. The smallest absolute Gasteiger partial charge is 0.228 e. The number of oxazole rings is 1. The quantitative estimate of drug-likeness (QED) is 0.269. The van der Waals surface area contributed by atoms with E-state index in [2.05, 4.69) is 58.8 Å². The van der Waals surface area contributed by atoms with Gasteiger partial charge in [0.25, 0.3) is 0 Å². The molecule has 2 N–H and O–H groups in total. The normalized spacial score (nSPS) is 18.1. The highest BCUT2D eigenvalue weighted by molar-refractivity contribution is 7.59. The fraction of sp³-hybridized carbons (Fsp3) is 0.600. The van der Waals surface area contributed by atoms with Gasteiger partial charge in [-0.05, 0) is 70.2 Å². The second-order valence-electron chi connectivity index (χ2n) is 14.0. The Kier molecular flexibility index (Phi) is 11.7. The van der Waals surface area contributed by atoms with Gasteiger partial charge in [-0.3, -0.25) is 14.6 Å². The van der Waals surface area contributed by atoms with Crippen LogP contribution >= 0.6 is 13.5 Å². The fourth-order valence-electron chi connectivity index (χ4n) is 6.51. The van der Waals surface area contributed by atoms with Crippen molar-refractivity contribution in [2.45, 2.75) is 84.7 Å². The van der Waals surface area contributed by atoms with Crippen LogP contribution in [0, 0.1) is 13.8 Å². The zero-order chi connectivity index (χ0) is 33.1. The molecule has 0 unspecified atom stereocenters. The van der Waals surface area contributed by atoms with Crippen LogP contribution in [0.3, 0.4) is 0 Å². The number of carbonyl (C=O) groups excluding carboxylic acids is 1. The maximum atomic E-state index is 13.4. The van der Waals surface area contributed by atoms with Crippen molar-refractivity contribution in [1.29, 1.82) is 0 Å². The number of ketones is 1. The second-order valence-corrected chi connectivity index (χ2v) is 14.0. The molecule has 2 saturated heterocycles. The molecule has 13 heteroatoms. The molecular weight excluding hydrogens is 630 g/mol. The van der Waals surface area contributed by atoms with E-state index >= 15 is 0 Å². The van der Waals surface area contributed by atoms with Gasteiger partial charge < -0.3 is 29.2 Å². The van der Waals surface area contributed by atoms with E-state index in [1.807, 2.05) is 13.0 Å². The molecule has 1 atom stereocenters. The molecule has 0 amide bonds. The highest BCUT2D eigenvalue weighted by atomic mass is 32.1. The third kappa shape index (κ3) is 8.67. The molecule has 1 aromatic carbocycles. The maximum Gasteiger partial charge on any atom is 0.228 e. The van der Waals surface area contributed by atoms with Crippen LogP contribution in [0.5, 0.6) is 5.75 Å². The summed E-state index contributed by atoms with van der Waals surface area (Å²) in [6, 6.07) is 6.06. The van der Waals surface area contributed by atoms with Crippen LogP contribution in [0.15, 0.2) is 29.0 Å². The molecule has 2 fully saturated rings. The van der Waals surface area contributed by atoms with Crippen molar-refractivity contribution in [2.75, 3.05) is 62.7 Å². The first-order valence-corrected chi connectivity index (χ1v) is 16.8. The van der Waals surface area contributed by atoms with Crippen LogP contribution in [-0.4, -0.2) is 106 Å². The van der Waals surface area contributed by atoms with Crippen molar-refractivity contribution in [1.82, 2.24) is 24.8 Å². The standard InChI is InChI=1S/C35H49N7O5.H2S/c1-23-28-10-11-40(17-25(28)6-9-31(23)46-21-32-24(2)36-22-47-32)18-27(43)7-8-30(44)29-16-33(37-26-19-45-20-26)39-34(38-29)41-12-14-42(15-13-41)35(3,4)5;/h6,9,16,22,26-27,43H,7-8,10-15,17-21H2,1-5H3,(H,37,38,39);1H2/t27-;/m0./s1. The number of aliphatic hydroxyl groups excluding tert-OH is 1. The monoisotopic (exact) mass is 681 g/mol. The van der Waals surface area contributed by atoms with E-state index in [0.29, 0.717) is 50.2 Å². The van der Waals surface area contributed by atoms with Crippen molar-refractivity contribution >= 4 is 31.0 Å². The number of rotatable bonds is 12. The summed E-state index contributed by atoms with van der Waals surface area (Å²) in [5.74, 6) is 2.73. The van der Waals surface area contributed by atoms with Gasteiger partial charge >= 0.3 is 0 Å². The highest BCUT2D eigenvalue weighted by Gasteiger charge is 2.29. The number of hydrogen-bond donors (Lipinski definition) is 2. The number of β-amino-alcohol motifs (C(OH)–C–C–N with tert-alkyl or cyclic N) is 1. The van der Waals surface area contributed by atoms with Gasteiger partial charge in [0.15, 0.2) is 17.9 Å². The molecule has 3 aromatic rings. The molecule has 0 bridgehead atoms. The molecule has 262 valence electrons. The van der Waals surface area contributed by atoms with Gasteiger partial charge in [0.2, 0.25) is 5.95 Å². The SMILES string of the molecule is Cc1ncoc1COc1ccc2c(c1C)CCN(C[C@@H](O)CCC(=O)c1cc(NC3COC3)nc(N3CCN(C(C)(C)C)CC3)n1)C2.S. The Bertz CT molecular complexity index is 1550. The predicted octanol–water partition coefficient (Wildman–Crippen LogP) is 3.89. The third-order valence-corrected chi connectivity index (χ3v) is 9.60. The minimum atomic E-state index is -0.620. The van der Waals surface area contributed by atoms with Crippen LogP contribution in [0.4, 0.5) is 11.8 Å². The Morgan fingerprint density at radius 1 is 1.12 bits per heavy atom. The van der Waals surface area contributed by atoms with Gasteiger partial charge in [0.05, 0.1) is 31.1 Å². The molecule has 0 spiro atoms. The van der Waals surface area contributed by atoms with Crippen molar-refractivity contribution in [3.05, 3.63) is 58.4 Å². The summed E-state index contributed by atoms with van der Waals surface area (Å²) in [6.07, 6.45) is 2.29. The number of fused-ring (bicyclic) bond motifs is 1. The summed E-state index contributed by atoms with van der Waals surface area (Å²) >= 11 is 0. The third-order valence-electron chi connectivity index (χ3n) is 9.60. The first-order chi connectivity index (χ1) is 22.5. The lowest BCUT2D eigenvalue weighted by atomic mass is 9.94. The van der Waals surface area contributed by atoms with Crippen molar-refractivity contribution in [3.63, 3.8) is 0 Å². The van der Waals surface area contributed by atoms with Crippen LogP contribution in [0.2, 0.25) is 0 Å². The molecular formula is C35H51N7O5S. The zero-order valence-electron chi connectivity index (χ0n) is 28.9. The van der Waals surface area contributed by atoms with Crippen LogP contribution in [0.1, 0.15) is 72.2 Å². The Labute approximate surface area is 290 Å². The number of anilines is 2. The second kappa shape index (κ2) is 15.5. The molecule has 0 radical (unpaired) electrons. The van der Waals surface area contributed by atoms with Gasteiger partial charge in [0, 0.05) is 63.8 Å². The largest absolute Gasteiger partial charge is 0.485 e. The summed E-state index contributed by atoms with van der Waals surface area (Å²) in [5.41, 5.74) is 5.02. The van der Waals surface area contributed by atoms with Gasteiger partial charge in [-0.15, -0.1) is 0 Å². The van der Waals surface area contributed by atoms with Crippen LogP contribution < -0.4 is 15.0 Å². The highest BCUT2D eigenvalue weighted by Crippen LogP contribution is 2.30. The molecule has 6 rings (SSSR count). The number of aryl methyl sites for hydroxylation is 1. The Morgan fingerprint density at radius 3 is 2.56 bits per heavy atom. The van der Waals surface area contributed by atoms with E-state index in [1.54, 1.807) is 6.07 Å². The minimum Gasteiger partial charge on any atom is -0.485 e. The number of piperazine rings is 1. The summed E-state index contributed by atoms with van der Waals surface area (Å²) in [5, 5.41) is 14.4. The number of aromatic nitrogens is 3. The van der Waals surface area contributed by atoms with E-state index in [1.165, 1.54) is 17.5 Å². The average Bonchev–Trinajstić information content (AvgIpc) is 3.45. The Hall–Kier alpha value is -3.23. The van der Waals surface area contributed by atoms with Gasteiger partial charge in [0.1, 0.15) is 23.9 Å². The van der Waals surface area contributed by atoms with Crippen LogP contribution in [-0.2, 0) is 24.3 Å². The minimum absolute atomic E-state index is 0. The molecule has 3 aliphatic rings. The van der Waals surface area contributed by atoms with E-state index in [9.17, 15) is 9.90 Å². The van der Waals surface area contributed by atoms with Gasteiger partial charge in [-0.2, -0.15) is 18.5 Å². The van der Waals surface area contributed by atoms with E-state index < -0.39 is 6.10 Å². The fourth-order valence-corrected chi connectivity index (χ4v) is 6.51. The van der Waals surface area contributed by atoms with E-state index in [4.69, 9.17) is 23.9 Å². The zero-order valence-corrected chi connectivity index (χ0v) is 29.9. The summed E-state index contributed by atoms with van der Waals surface area (Å²) in [6.45, 7) is 17.8. The van der Waals surface area contributed by atoms with Crippen molar-refractivity contribution < 1.29 is 23.8 Å². The lowest BCUT2D eigenvalue weighted by Crippen LogP contribution is -2.53. The predicted molar refractivity (Wildman–Crippen MR) is 189 cm³/mol. The van der Waals surface area contributed by atoms with E-state index in [-0.39, 0.29) is 37.3 Å². The van der Waals surface area contributed by atoms with Gasteiger partial charge in [-0.1, -0.05) is 6.07 Å². The van der Waals surface area contributed by atoms with Crippen molar-refractivity contribution in [3.8, 4) is 5.75 Å². The number of nitrogens with zero attached hydrogens (tertiary/aromatic N) is 6. The number of nitrogens with one attached hydrogen (secondary N) is 1. The summed E-state index contributed by atoms with van der Waals surface area (Å²) < 4.78 is 16.8. The molecule has 12 nitrogen and oxygen atoms in total. The van der Waals surface area contributed by atoms with Crippen LogP contribution in [0.25, 0.3) is 0 Å². The Balaban J connectivity index is 0.00000451. The van der Waals surface area contributed by atoms with Gasteiger partial charge in [-0.25, -0.2) is 9.97 Å². The Morgan fingerprint density at radius 2 is 1.90 bits per heavy atom. The molecule has 48 heavy (non-hydrogen) atoms. The molecule has 0 saturated carbocycles. The number of Topliss-reactive ketones (excluding diaryl/α,β-unsaturated/α-hetero) is 1. The molecule has 0 aliphatic carbocycles.